The largest absolute Gasteiger partial charge is 0.370 e. The van der Waals surface area contributed by atoms with Gasteiger partial charge in [-0.15, -0.1) is 0 Å². The predicted octanol–water partition coefficient (Wildman–Crippen LogP) is 5.57. The smallest absolute Gasteiger partial charge is 0.326 e. The number of hydrogen-bond acceptors (Lipinski definition) is 4. The number of rotatable bonds is 8. The first-order chi connectivity index (χ1) is 13.6. The lowest BCUT2D eigenvalue weighted by Crippen LogP contribution is -2.21. The number of fused-ring (bicyclic) bond motifs is 1. The monoisotopic (exact) mass is 377 g/mol. The van der Waals surface area contributed by atoms with Crippen molar-refractivity contribution in [2.45, 2.75) is 39.5 Å². The minimum absolute atomic E-state index is 0.286. The normalized spacial score (nSPS) is 10.6. The maximum absolute atomic E-state index is 12.4. The van der Waals surface area contributed by atoms with E-state index in [9.17, 15) is 4.79 Å². The number of carbonyl (C=O) groups is 1. The minimum Gasteiger partial charge on any atom is -0.370 e. The highest BCUT2D eigenvalue weighted by Gasteiger charge is 2.08. The van der Waals surface area contributed by atoms with Crippen molar-refractivity contribution in [3.8, 4) is 0 Å². The molecule has 0 unspecified atom stereocenters. The number of anilines is 3. The van der Waals surface area contributed by atoms with Crippen LogP contribution in [0.3, 0.4) is 0 Å². The van der Waals surface area contributed by atoms with Crippen LogP contribution in [-0.2, 0) is 0 Å². The van der Waals surface area contributed by atoms with Crippen LogP contribution in [0.15, 0.2) is 48.5 Å². The van der Waals surface area contributed by atoms with Crippen molar-refractivity contribution in [3.63, 3.8) is 0 Å². The van der Waals surface area contributed by atoms with E-state index >= 15 is 0 Å². The van der Waals surface area contributed by atoms with Crippen molar-refractivity contribution in [2.24, 2.45) is 0 Å². The van der Waals surface area contributed by atoms with Gasteiger partial charge in [0.15, 0.2) is 0 Å². The summed E-state index contributed by atoms with van der Waals surface area (Å²) in [7, 11) is 0. The second-order valence-electron chi connectivity index (χ2n) is 6.85. The van der Waals surface area contributed by atoms with Gasteiger partial charge in [0.25, 0.3) is 0 Å². The fourth-order valence-corrected chi connectivity index (χ4v) is 3.01. The summed E-state index contributed by atoms with van der Waals surface area (Å²) in [6.45, 7) is 4.94. The van der Waals surface area contributed by atoms with Crippen molar-refractivity contribution in [1.82, 2.24) is 9.97 Å². The summed E-state index contributed by atoms with van der Waals surface area (Å²) < 4.78 is 0. The molecule has 0 spiro atoms. The van der Waals surface area contributed by atoms with E-state index in [-0.39, 0.29) is 12.0 Å². The van der Waals surface area contributed by atoms with Gasteiger partial charge in [0.05, 0.1) is 0 Å². The molecule has 3 N–H and O–H groups in total. The second-order valence-corrected chi connectivity index (χ2v) is 6.85. The minimum atomic E-state index is -0.366. The first kappa shape index (κ1) is 19.6. The lowest BCUT2D eigenvalue weighted by atomic mass is 10.1. The number of amides is 2. The van der Waals surface area contributed by atoms with Gasteiger partial charge < -0.3 is 10.6 Å². The van der Waals surface area contributed by atoms with Crippen LogP contribution >= 0.6 is 0 Å². The number of unbranched alkanes of at least 4 members (excludes halogenated alkanes) is 3. The fraction of sp³-hybridized carbons (Fsp3) is 0.318. The Kier molecular flexibility index (Phi) is 6.78. The van der Waals surface area contributed by atoms with Crippen molar-refractivity contribution >= 4 is 34.3 Å². The van der Waals surface area contributed by atoms with Crippen LogP contribution in [0.5, 0.6) is 0 Å². The summed E-state index contributed by atoms with van der Waals surface area (Å²) >= 11 is 0. The fourth-order valence-electron chi connectivity index (χ4n) is 3.01. The highest BCUT2D eigenvalue weighted by Crippen LogP contribution is 2.19. The number of aromatic nitrogens is 2. The van der Waals surface area contributed by atoms with E-state index in [1.807, 2.05) is 55.5 Å². The average Bonchev–Trinajstić information content (AvgIpc) is 2.67. The standard InChI is InChI=1S/C22H27N5O/c1-3-4-5-8-13-23-20-14-16(2)24-21(26-20)27-22(28)25-19-12-11-17-9-6-7-10-18(17)15-19/h6-7,9-12,14-15H,3-5,8,13H2,1-2H3,(H3,23,24,25,26,27,28). The topological polar surface area (TPSA) is 78.9 Å². The molecule has 0 saturated carbocycles. The predicted molar refractivity (Wildman–Crippen MR) is 116 cm³/mol. The van der Waals surface area contributed by atoms with Crippen LogP contribution in [0.2, 0.25) is 0 Å². The zero-order valence-electron chi connectivity index (χ0n) is 16.5. The molecule has 6 heteroatoms. The second kappa shape index (κ2) is 9.69. The average molecular weight is 377 g/mol. The van der Waals surface area contributed by atoms with Gasteiger partial charge >= 0.3 is 6.03 Å². The Morgan fingerprint density at radius 2 is 1.75 bits per heavy atom. The first-order valence-corrected chi connectivity index (χ1v) is 9.80. The molecule has 3 rings (SSSR count). The SMILES string of the molecule is CCCCCCNc1cc(C)nc(NC(=O)Nc2ccc3ccccc3c2)n1. The van der Waals surface area contributed by atoms with E-state index in [2.05, 4.69) is 32.8 Å². The van der Waals surface area contributed by atoms with Gasteiger partial charge in [-0.3, -0.25) is 5.32 Å². The number of urea groups is 1. The number of hydrogen-bond donors (Lipinski definition) is 3. The van der Waals surface area contributed by atoms with Crippen LogP contribution in [-0.4, -0.2) is 22.5 Å². The molecule has 28 heavy (non-hydrogen) atoms. The molecule has 0 aliphatic rings. The third kappa shape index (κ3) is 5.67. The summed E-state index contributed by atoms with van der Waals surface area (Å²) in [5.41, 5.74) is 1.52. The van der Waals surface area contributed by atoms with E-state index in [0.29, 0.717) is 0 Å². The van der Waals surface area contributed by atoms with E-state index in [1.54, 1.807) is 0 Å². The van der Waals surface area contributed by atoms with Crippen molar-refractivity contribution in [2.75, 3.05) is 22.5 Å². The third-order valence-corrected chi connectivity index (χ3v) is 4.42. The lowest BCUT2D eigenvalue weighted by molar-refractivity contribution is 0.262. The molecule has 6 nitrogen and oxygen atoms in total. The highest BCUT2D eigenvalue weighted by molar-refractivity contribution is 6.00. The first-order valence-electron chi connectivity index (χ1n) is 9.80. The molecular weight excluding hydrogens is 350 g/mol. The summed E-state index contributed by atoms with van der Waals surface area (Å²) in [6, 6.07) is 15.3. The molecule has 0 aliphatic carbocycles. The molecule has 0 saturated heterocycles. The Labute approximate surface area is 165 Å². The van der Waals surface area contributed by atoms with Gasteiger partial charge in [0.1, 0.15) is 5.82 Å². The molecule has 2 amide bonds. The van der Waals surface area contributed by atoms with Gasteiger partial charge in [-0.05, 0) is 36.2 Å². The summed E-state index contributed by atoms with van der Waals surface area (Å²) in [5.74, 6) is 1.01. The van der Waals surface area contributed by atoms with Crippen molar-refractivity contribution in [1.29, 1.82) is 0 Å². The lowest BCUT2D eigenvalue weighted by Gasteiger charge is -2.10. The number of nitrogens with zero attached hydrogens (tertiary/aromatic N) is 2. The Morgan fingerprint density at radius 3 is 2.57 bits per heavy atom. The molecule has 3 aromatic rings. The Bertz CT molecular complexity index is 941. The van der Waals surface area contributed by atoms with E-state index in [1.165, 1.54) is 19.3 Å². The Balaban J connectivity index is 1.59. The summed E-state index contributed by atoms with van der Waals surface area (Å²) in [5, 5.41) is 11.1. The quantitative estimate of drug-likeness (QED) is 0.448. The molecule has 2 aromatic carbocycles. The summed E-state index contributed by atoms with van der Waals surface area (Å²) in [6.07, 6.45) is 4.76. The van der Waals surface area contributed by atoms with Gasteiger partial charge in [-0.2, -0.15) is 4.98 Å². The number of nitrogens with one attached hydrogen (secondary N) is 3. The van der Waals surface area contributed by atoms with Gasteiger partial charge in [0.2, 0.25) is 5.95 Å². The van der Waals surface area contributed by atoms with Crippen LogP contribution in [0.1, 0.15) is 38.3 Å². The number of aryl methyl sites for hydroxylation is 1. The number of benzene rings is 2. The maximum Gasteiger partial charge on any atom is 0.326 e. The molecule has 0 radical (unpaired) electrons. The van der Waals surface area contributed by atoms with Crippen molar-refractivity contribution < 1.29 is 4.79 Å². The van der Waals surface area contributed by atoms with Gasteiger partial charge in [-0.1, -0.05) is 56.5 Å². The number of carbonyl (C=O) groups excluding carboxylic acids is 1. The third-order valence-electron chi connectivity index (χ3n) is 4.42. The van der Waals surface area contributed by atoms with Crippen LogP contribution < -0.4 is 16.0 Å². The molecule has 1 aromatic heterocycles. The van der Waals surface area contributed by atoms with Gasteiger partial charge in [0, 0.05) is 24.0 Å². The van der Waals surface area contributed by atoms with E-state index in [4.69, 9.17) is 0 Å². The van der Waals surface area contributed by atoms with Gasteiger partial charge in [-0.25, -0.2) is 9.78 Å². The van der Waals surface area contributed by atoms with Crippen LogP contribution in [0.4, 0.5) is 22.2 Å². The zero-order chi connectivity index (χ0) is 19.8. The maximum atomic E-state index is 12.4. The van der Waals surface area contributed by atoms with Crippen molar-refractivity contribution in [3.05, 3.63) is 54.2 Å². The zero-order valence-corrected chi connectivity index (χ0v) is 16.5. The summed E-state index contributed by atoms with van der Waals surface area (Å²) in [4.78, 5) is 21.0. The Morgan fingerprint density at radius 1 is 0.929 bits per heavy atom. The van der Waals surface area contributed by atoms with Crippen LogP contribution in [0, 0.1) is 6.92 Å². The molecule has 1 heterocycles. The van der Waals surface area contributed by atoms with E-state index < -0.39 is 0 Å². The molecule has 0 atom stereocenters. The molecule has 0 fully saturated rings. The molecule has 0 aliphatic heterocycles. The van der Waals surface area contributed by atoms with E-state index in [0.717, 1.165) is 40.9 Å². The van der Waals surface area contributed by atoms with Crippen LogP contribution in [0.25, 0.3) is 10.8 Å². The Hall–Kier alpha value is -3.15. The molecular formula is C22H27N5O. The molecule has 146 valence electrons. The highest BCUT2D eigenvalue weighted by atomic mass is 16.2. The molecule has 0 bridgehead atoms.